The minimum absolute atomic E-state index is 0.0242. The van der Waals surface area contributed by atoms with Crippen molar-refractivity contribution in [2.75, 3.05) is 31.6 Å². The molecule has 2 N–H and O–H groups in total. The number of likely N-dealkylation sites (tertiary alicyclic amines) is 1. The molecule has 4 heterocycles. The van der Waals surface area contributed by atoms with Crippen molar-refractivity contribution in [3.8, 4) is 5.75 Å². The summed E-state index contributed by atoms with van der Waals surface area (Å²) in [4.78, 5) is 27.4. The van der Waals surface area contributed by atoms with Gasteiger partial charge < -0.3 is 24.3 Å². The standard InChI is InChI=1S/C23H27FN4O6S/c1-13-8-15(5-6-16(13)24)25-22(29)20-21-19(11-27(20)2)35(31,32)26-17-10-28(9-14(17)12-34-21)23(30)18-4-3-7-33-18/h5-6,8,11,14,17-18,26H,3-4,7,9-10,12H2,1-2H3,(H,25,29)/t14?,17?,18-/m1/s1. The molecule has 2 unspecified atom stereocenters. The molecule has 2 aromatic rings. The Bertz CT molecular complexity index is 1290. The molecular weight excluding hydrogens is 479 g/mol. The highest BCUT2D eigenvalue weighted by Gasteiger charge is 2.43. The summed E-state index contributed by atoms with van der Waals surface area (Å²) in [6.07, 6.45) is 2.32. The van der Waals surface area contributed by atoms with E-state index in [9.17, 15) is 22.4 Å². The molecular formula is C23H27FN4O6S. The van der Waals surface area contributed by atoms with E-state index >= 15 is 0 Å². The number of halogens is 1. The summed E-state index contributed by atoms with van der Waals surface area (Å²) in [5, 5.41) is 2.68. The molecule has 0 aliphatic carbocycles. The van der Waals surface area contributed by atoms with Crippen molar-refractivity contribution >= 4 is 27.5 Å². The molecule has 35 heavy (non-hydrogen) atoms. The second-order valence-electron chi connectivity index (χ2n) is 9.24. The predicted octanol–water partition coefficient (Wildman–Crippen LogP) is 1.40. The van der Waals surface area contributed by atoms with Gasteiger partial charge in [0.1, 0.15) is 16.8 Å². The lowest BCUT2D eigenvalue weighted by molar-refractivity contribution is -0.140. The van der Waals surface area contributed by atoms with Crippen LogP contribution in [0.15, 0.2) is 29.3 Å². The van der Waals surface area contributed by atoms with Gasteiger partial charge in [-0.1, -0.05) is 0 Å². The van der Waals surface area contributed by atoms with Gasteiger partial charge in [-0.05, 0) is 43.5 Å². The highest BCUT2D eigenvalue weighted by molar-refractivity contribution is 7.89. The molecule has 188 valence electrons. The molecule has 0 radical (unpaired) electrons. The molecule has 1 aromatic carbocycles. The van der Waals surface area contributed by atoms with Crippen molar-refractivity contribution in [1.29, 1.82) is 0 Å². The number of hydrogen-bond donors (Lipinski definition) is 2. The van der Waals surface area contributed by atoms with Gasteiger partial charge >= 0.3 is 0 Å². The van der Waals surface area contributed by atoms with E-state index in [4.69, 9.17) is 9.47 Å². The summed E-state index contributed by atoms with van der Waals surface area (Å²) < 4.78 is 55.6. The van der Waals surface area contributed by atoms with Crippen LogP contribution in [0.3, 0.4) is 0 Å². The third kappa shape index (κ3) is 4.41. The molecule has 3 atom stereocenters. The molecule has 1 aromatic heterocycles. The van der Waals surface area contributed by atoms with Crippen LogP contribution in [0.1, 0.15) is 28.9 Å². The summed E-state index contributed by atoms with van der Waals surface area (Å²) in [7, 11) is -2.49. The highest BCUT2D eigenvalue weighted by Crippen LogP contribution is 2.35. The van der Waals surface area contributed by atoms with Crippen molar-refractivity contribution in [2.45, 2.75) is 36.8 Å². The van der Waals surface area contributed by atoms with Crippen LogP contribution in [0.5, 0.6) is 5.75 Å². The first-order chi connectivity index (χ1) is 16.6. The predicted molar refractivity (Wildman–Crippen MR) is 123 cm³/mol. The first-order valence-electron chi connectivity index (χ1n) is 11.5. The summed E-state index contributed by atoms with van der Waals surface area (Å²) in [6, 6.07) is 3.64. The lowest BCUT2D eigenvalue weighted by Crippen LogP contribution is -2.44. The van der Waals surface area contributed by atoms with Gasteiger partial charge in [-0.15, -0.1) is 0 Å². The number of aryl methyl sites for hydroxylation is 2. The Hall–Kier alpha value is -2.96. The molecule has 3 aliphatic rings. The van der Waals surface area contributed by atoms with Crippen LogP contribution in [0.25, 0.3) is 0 Å². The van der Waals surface area contributed by atoms with Gasteiger partial charge in [0.2, 0.25) is 10.0 Å². The van der Waals surface area contributed by atoms with Gasteiger partial charge in [-0.3, -0.25) is 9.59 Å². The summed E-state index contributed by atoms with van der Waals surface area (Å²) >= 11 is 0. The number of amides is 2. The number of carbonyl (C=O) groups is 2. The van der Waals surface area contributed by atoms with E-state index in [0.29, 0.717) is 30.8 Å². The number of nitrogens with zero attached hydrogens (tertiary/aromatic N) is 2. The highest BCUT2D eigenvalue weighted by atomic mass is 32.2. The van der Waals surface area contributed by atoms with Crippen LogP contribution in [-0.4, -0.2) is 68.1 Å². The maximum absolute atomic E-state index is 13.6. The largest absolute Gasteiger partial charge is 0.489 e. The second-order valence-corrected chi connectivity index (χ2v) is 10.9. The first kappa shape index (κ1) is 23.8. The van der Waals surface area contributed by atoms with Gasteiger partial charge in [0.05, 0.1) is 6.61 Å². The Balaban J connectivity index is 1.39. The van der Waals surface area contributed by atoms with Crippen LogP contribution in [-0.2, 0) is 26.6 Å². The summed E-state index contributed by atoms with van der Waals surface area (Å²) in [5.74, 6) is -1.47. The monoisotopic (exact) mass is 506 g/mol. The molecule has 5 rings (SSSR count). The fraction of sp³-hybridized carbons (Fsp3) is 0.478. The zero-order valence-electron chi connectivity index (χ0n) is 19.4. The van der Waals surface area contributed by atoms with E-state index < -0.39 is 33.9 Å². The average molecular weight is 507 g/mol. The van der Waals surface area contributed by atoms with Crippen molar-refractivity contribution in [3.05, 3.63) is 41.5 Å². The number of rotatable bonds is 3. The Labute approximate surface area is 202 Å². The SMILES string of the molecule is Cc1cc(NC(=O)c2c3c(cn2C)S(=O)(=O)NC2CN(C(=O)[C@H]4CCCO4)CC2CO3)ccc1F. The van der Waals surface area contributed by atoms with Gasteiger partial charge in [-0.2, -0.15) is 0 Å². The van der Waals surface area contributed by atoms with E-state index in [1.807, 2.05) is 0 Å². The van der Waals surface area contributed by atoms with Crippen molar-refractivity contribution in [1.82, 2.24) is 14.2 Å². The van der Waals surface area contributed by atoms with Crippen LogP contribution in [0, 0.1) is 18.7 Å². The van der Waals surface area contributed by atoms with Crippen LogP contribution in [0.2, 0.25) is 0 Å². The summed E-state index contributed by atoms with van der Waals surface area (Å²) in [6.45, 7) is 2.80. The number of sulfonamides is 1. The number of benzene rings is 1. The fourth-order valence-corrected chi connectivity index (χ4v) is 6.35. The normalized spacial score (nSPS) is 25.2. The zero-order valence-corrected chi connectivity index (χ0v) is 20.2. The van der Waals surface area contributed by atoms with Gasteiger partial charge in [0.15, 0.2) is 11.4 Å². The third-order valence-corrected chi connectivity index (χ3v) is 8.21. The third-order valence-electron chi connectivity index (χ3n) is 6.73. The lowest BCUT2D eigenvalue weighted by Gasteiger charge is -2.23. The number of fused-ring (bicyclic) bond motifs is 2. The van der Waals surface area contributed by atoms with E-state index in [0.717, 1.165) is 6.42 Å². The van der Waals surface area contributed by atoms with Crippen LogP contribution >= 0.6 is 0 Å². The number of ether oxygens (including phenoxy) is 2. The van der Waals surface area contributed by atoms with E-state index in [2.05, 4.69) is 10.0 Å². The average Bonchev–Trinajstić information content (AvgIpc) is 3.53. The maximum atomic E-state index is 13.6. The molecule has 0 spiro atoms. The molecule has 0 bridgehead atoms. The summed E-state index contributed by atoms with van der Waals surface area (Å²) in [5.41, 5.74) is 0.758. The van der Waals surface area contributed by atoms with E-state index in [-0.39, 0.29) is 41.3 Å². The fourth-order valence-electron chi connectivity index (χ4n) is 4.87. The molecule has 0 saturated carbocycles. The second kappa shape index (κ2) is 8.92. The van der Waals surface area contributed by atoms with Crippen molar-refractivity contribution in [3.63, 3.8) is 0 Å². The first-order valence-corrected chi connectivity index (χ1v) is 12.9. The number of aromatic nitrogens is 1. The smallest absolute Gasteiger partial charge is 0.276 e. The number of anilines is 1. The lowest BCUT2D eigenvalue weighted by atomic mass is 10.1. The van der Waals surface area contributed by atoms with Crippen LogP contribution < -0.4 is 14.8 Å². The van der Waals surface area contributed by atoms with Gasteiger partial charge in [0.25, 0.3) is 11.8 Å². The topological polar surface area (TPSA) is 119 Å². The van der Waals surface area contributed by atoms with Crippen molar-refractivity contribution < 1.29 is 31.9 Å². The Morgan fingerprint density at radius 1 is 1.26 bits per heavy atom. The Morgan fingerprint density at radius 2 is 2.06 bits per heavy atom. The molecule has 2 amide bonds. The minimum Gasteiger partial charge on any atom is -0.489 e. The number of hydrogen-bond acceptors (Lipinski definition) is 6. The Kier molecular flexibility index (Phi) is 6.06. The minimum atomic E-state index is -4.04. The van der Waals surface area contributed by atoms with E-state index in [1.165, 1.54) is 29.0 Å². The number of carbonyl (C=O) groups excluding carboxylic acids is 2. The molecule has 2 saturated heterocycles. The maximum Gasteiger partial charge on any atom is 0.276 e. The molecule has 12 heteroatoms. The quantitative estimate of drug-likeness (QED) is 0.650. The van der Waals surface area contributed by atoms with E-state index in [1.54, 1.807) is 18.9 Å². The van der Waals surface area contributed by atoms with Gasteiger partial charge in [-0.25, -0.2) is 17.5 Å². The Morgan fingerprint density at radius 3 is 2.77 bits per heavy atom. The van der Waals surface area contributed by atoms with Crippen molar-refractivity contribution in [2.24, 2.45) is 13.0 Å². The molecule has 10 nitrogen and oxygen atoms in total. The van der Waals surface area contributed by atoms with Gasteiger partial charge in [0, 0.05) is 50.6 Å². The van der Waals surface area contributed by atoms with Crippen LogP contribution in [0.4, 0.5) is 10.1 Å². The molecule has 3 aliphatic heterocycles. The zero-order chi connectivity index (χ0) is 24.9. The number of nitrogens with one attached hydrogen (secondary N) is 2. The molecule has 2 fully saturated rings.